The maximum atomic E-state index is 11.0. The minimum atomic E-state index is -0.612. The van der Waals surface area contributed by atoms with Gasteiger partial charge >= 0.3 is 0 Å². The summed E-state index contributed by atoms with van der Waals surface area (Å²) in [5.74, 6) is -0.521. The third-order valence-corrected chi connectivity index (χ3v) is 6.38. The van der Waals surface area contributed by atoms with Gasteiger partial charge in [0.15, 0.2) is 5.79 Å². The molecule has 0 aromatic rings. The molecule has 0 bridgehead atoms. The van der Waals surface area contributed by atoms with Crippen molar-refractivity contribution >= 4 is 0 Å². The van der Waals surface area contributed by atoms with E-state index >= 15 is 0 Å². The largest absolute Gasteiger partial charge is 0.349 e. The molecule has 1 heterocycles. The van der Waals surface area contributed by atoms with Crippen LogP contribution in [0.25, 0.3) is 0 Å². The van der Waals surface area contributed by atoms with E-state index in [4.69, 9.17) is 9.47 Å². The maximum Gasteiger partial charge on any atom is 0.174 e. The number of piperidine rings is 1. The van der Waals surface area contributed by atoms with Crippen LogP contribution < -0.4 is 0 Å². The Kier molecular flexibility index (Phi) is 8.18. The van der Waals surface area contributed by atoms with E-state index in [1.165, 1.54) is 0 Å². The predicted molar refractivity (Wildman–Crippen MR) is 99.2 cm³/mol. The van der Waals surface area contributed by atoms with Crippen LogP contribution in [0.3, 0.4) is 0 Å². The Balaban J connectivity index is 3.19. The summed E-state index contributed by atoms with van der Waals surface area (Å²) in [5.41, 5.74) is -0.697. The Bertz CT molecular complexity index is 366. The highest BCUT2D eigenvalue weighted by atomic mass is 16.7. The molecule has 0 amide bonds. The monoisotopic (exact) mass is 343 g/mol. The van der Waals surface area contributed by atoms with Gasteiger partial charge in [-0.2, -0.15) is 5.06 Å². The number of hydrogen-bond acceptors (Lipinski definition) is 4. The molecule has 3 atom stereocenters. The lowest BCUT2D eigenvalue weighted by molar-refractivity contribution is -0.375. The Labute approximate surface area is 149 Å². The molecule has 0 aliphatic carbocycles. The van der Waals surface area contributed by atoms with Crippen LogP contribution in [0.5, 0.6) is 0 Å². The molecule has 0 spiro atoms. The normalized spacial score (nSPS) is 33.8. The van der Waals surface area contributed by atoms with Crippen molar-refractivity contribution in [3.63, 3.8) is 0 Å². The summed E-state index contributed by atoms with van der Waals surface area (Å²) in [6, 6.07) is 0. The van der Waals surface area contributed by atoms with Crippen LogP contribution >= 0.6 is 0 Å². The number of hydroxylamine groups is 2. The van der Waals surface area contributed by atoms with Gasteiger partial charge < -0.3 is 14.7 Å². The number of nitrogens with zero attached hydrogens (tertiary/aromatic N) is 1. The third-order valence-electron chi connectivity index (χ3n) is 6.38. The smallest absolute Gasteiger partial charge is 0.174 e. The van der Waals surface area contributed by atoms with Gasteiger partial charge in [-0.15, -0.1) is 0 Å². The topological polar surface area (TPSA) is 41.9 Å². The minimum Gasteiger partial charge on any atom is -0.349 e. The Morgan fingerprint density at radius 2 is 1.46 bits per heavy atom. The highest BCUT2D eigenvalue weighted by molar-refractivity contribution is 5.07. The van der Waals surface area contributed by atoms with Gasteiger partial charge in [0.05, 0.1) is 18.8 Å². The van der Waals surface area contributed by atoms with E-state index in [1.54, 1.807) is 5.06 Å². The quantitative estimate of drug-likeness (QED) is 0.427. The van der Waals surface area contributed by atoms with Gasteiger partial charge in [0.1, 0.15) is 0 Å². The first-order valence-corrected chi connectivity index (χ1v) is 10.0. The second-order valence-electron chi connectivity index (χ2n) is 7.99. The van der Waals surface area contributed by atoms with Gasteiger partial charge in [-0.25, -0.2) is 0 Å². The van der Waals surface area contributed by atoms with Gasteiger partial charge in [0.2, 0.25) is 0 Å². The van der Waals surface area contributed by atoms with Crippen molar-refractivity contribution in [3.05, 3.63) is 0 Å². The molecule has 24 heavy (non-hydrogen) atoms. The average molecular weight is 344 g/mol. The second-order valence-corrected chi connectivity index (χ2v) is 7.99. The molecule has 4 nitrogen and oxygen atoms in total. The molecule has 1 fully saturated rings. The van der Waals surface area contributed by atoms with E-state index in [1.807, 2.05) is 0 Å². The van der Waals surface area contributed by atoms with Crippen molar-refractivity contribution in [2.75, 3.05) is 13.2 Å². The van der Waals surface area contributed by atoms with Crippen molar-refractivity contribution in [2.24, 2.45) is 5.92 Å². The van der Waals surface area contributed by atoms with Crippen molar-refractivity contribution in [1.29, 1.82) is 0 Å². The second kappa shape index (κ2) is 8.98. The molecule has 144 valence electrons. The van der Waals surface area contributed by atoms with Crippen LogP contribution in [0, 0.1) is 5.92 Å². The zero-order chi connectivity index (χ0) is 18.4. The first kappa shape index (κ1) is 21.9. The van der Waals surface area contributed by atoms with Gasteiger partial charge in [0.25, 0.3) is 0 Å². The molecular weight excluding hydrogens is 302 g/mol. The average Bonchev–Trinajstić information content (AvgIpc) is 2.58. The van der Waals surface area contributed by atoms with Crippen LogP contribution in [-0.4, -0.2) is 40.3 Å². The summed E-state index contributed by atoms with van der Waals surface area (Å²) in [7, 11) is 0. The van der Waals surface area contributed by atoms with Crippen LogP contribution in [0.15, 0.2) is 0 Å². The standard InChI is InChI=1S/C20H41NO3/c1-8-12-14-23-20(24-15-13-9-2)16-18(6,10-3)21(22)19(7,11-4)17(20)5/h17,22H,8-16H2,1-7H3. The first-order valence-electron chi connectivity index (χ1n) is 10.0. The fourth-order valence-electron chi connectivity index (χ4n) is 3.94. The molecule has 0 aromatic heterocycles. The number of unbranched alkanes of at least 4 members (excludes halogenated alkanes) is 2. The summed E-state index contributed by atoms with van der Waals surface area (Å²) in [6.07, 6.45) is 6.73. The van der Waals surface area contributed by atoms with E-state index in [2.05, 4.69) is 48.5 Å². The summed E-state index contributed by atoms with van der Waals surface area (Å²) >= 11 is 0. The van der Waals surface area contributed by atoms with Crippen LogP contribution in [0.1, 0.15) is 93.4 Å². The Morgan fingerprint density at radius 1 is 0.958 bits per heavy atom. The van der Waals surface area contributed by atoms with Gasteiger partial charge in [-0.05, 0) is 39.5 Å². The molecule has 1 aliphatic rings. The lowest BCUT2D eigenvalue weighted by atomic mass is 9.67. The summed E-state index contributed by atoms with van der Waals surface area (Å²) in [6.45, 7) is 16.5. The lowest BCUT2D eigenvalue weighted by Gasteiger charge is -2.61. The minimum absolute atomic E-state index is 0.0911. The molecule has 1 saturated heterocycles. The van der Waals surface area contributed by atoms with Crippen molar-refractivity contribution < 1.29 is 14.7 Å². The molecule has 1 aliphatic heterocycles. The van der Waals surface area contributed by atoms with E-state index in [9.17, 15) is 5.21 Å². The fraction of sp³-hybridized carbons (Fsp3) is 1.00. The number of ether oxygens (including phenoxy) is 2. The van der Waals surface area contributed by atoms with Crippen LogP contribution in [-0.2, 0) is 9.47 Å². The molecular formula is C20H41NO3. The molecule has 4 heteroatoms. The number of rotatable bonds is 10. The predicted octanol–water partition coefficient (Wildman–Crippen LogP) is 5.38. The zero-order valence-electron chi connectivity index (χ0n) is 17.2. The van der Waals surface area contributed by atoms with Gasteiger partial charge in [-0.3, -0.25) is 0 Å². The van der Waals surface area contributed by atoms with Gasteiger partial charge in [-0.1, -0.05) is 47.5 Å². The number of hydrogen-bond donors (Lipinski definition) is 1. The molecule has 0 radical (unpaired) electrons. The van der Waals surface area contributed by atoms with E-state index in [-0.39, 0.29) is 17.0 Å². The third kappa shape index (κ3) is 4.14. The van der Waals surface area contributed by atoms with E-state index < -0.39 is 5.79 Å². The molecule has 0 saturated carbocycles. The SMILES string of the molecule is CCCCOC1(OCCCC)CC(C)(CC)N(O)C(C)(CC)C1C. The van der Waals surface area contributed by atoms with Crippen molar-refractivity contribution in [2.45, 2.75) is 110 Å². The zero-order valence-corrected chi connectivity index (χ0v) is 17.2. The Morgan fingerprint density at radius 3 is 1.83 bits per heavy atom. The van der Waals surface area contributed by atoms with Gasteiger partial charge in [0, 0.05) is 17.9 Å². The molecule has 0 aromatic carbocycles. The first-order chi connectivity index (χ1) is 11.3. The molecule has 1 rings (SSSR count). The highest BCUT2D eigenvalue weighted by Crippen LogP contribution is 2.51. The highest BCUT2D eigenvalue weighted by Gasteiger charge is 2.60. The summed E-state index contributed by atoms with van der Waals surface area (Å²) in [4.78, 5) is 0. The fourth-order valence-corrected chi connectivity index (χ4v) is 3.94. The lowest BCUT2D eigenvalue weighted by Crippen LogP contribution is -2.71. The molecule has 3 unspecified atom stereocenters. The Hall–Kier alpha value is -0.160. The molecule has 1 N–H and O–H groups in total. The van der Waals surface area contributed by atoms with E-state index in [0.717, 1.165) is 51.7 Å². The summed E-state index contributed by atoms with van der Waals surface area (Å²) in [5, 5.41) is 12.6. The van der Waals surface area contributed by atoms with E-state index in [0.29, 0.717) is 6.42 Å². The van der Waals surface area contributed by atoms with Crippen LogP contribution in [0.2, 0.25) is 0 Å². The van der Waals surface area contributed by atoms with Crippen molar-refractivity contribution in [3.8, 4) is 0 Å². The summed E-state index contributed by atoms with van der Waals surface area (Å²) < 4.78 is 12.9. The maximum absolute atomic E-state index is 11.0. The van der Waals surface area contributed by atoms with Crippen molar-refractivity contribution in [1.82, 2.24) is 5.06 Å². The van der Waals surface area contributed by atoms with Crippen LogP contribution in [0.4, 0.5) is 0 Å².